The van der Waals surface area contributed by atoms with Crippen molar-refractivity contribution in [3.8, 4) is 0 Å². The Balaban J connectivity index is 1.62. The molecule has 28 heavy (non-hydrogen) atoms. The maximum absolute atomic E-state index is 12.3. The Morgan fingerprint density at radius 3 is 2.11 bits per heavy atom. The lowest BCUT2D eigenvalue weighted by molar-refractivity contribution is 0.0954. The standard InChI is InChI=1S/C22H20N4O2/c1-15(18-8-5-9-19(23)14-18)25-26-22(28)17-10-12-20(13-11-17)24-21(27)16-6-3-2-4-7-16/h2-14H,23H2,1H3,(H,24,27)(H,26,28). The first-order chi connectivity index (χ1) is 13.5. The number of hydrazone groups is 1. The van der Waals surface area contributed by atoms with E-state index >= 15 is 0 Å². The summed E-state index contributed by atoms with van der Waals surface area (Å²) in [5.41, 5.74) is 12.0. The number of carbonyl (C=O) groups excluding carboxylic acids is 2. The molecule has 6 nitrogen and oxygen atoms in total. The maximum Gasteiger partial charge on any atom is 0.271 e. The molecule has 0 aliphatic rings. The van der Waals surface area contributed by atoms with Crippen molar-refractivity contribution in [1.82, 2.24) is 5.43 Å². The highest BCUT2D eigenvalue weighted by molar-refractivity contribution is 6.04. The van der Waals surface area contributed by atoms with Gasteiger partial charge in [0.25, 0.3) is 11.8 Å². The van der Waals surface area contributed by atoms with Crippen molar-refractivity contribution in [2.24, 2.45) is 5.10 Å². The summed E-state index contributed by atoms with van der Waals surface area (Å²) in [6.07, 6.45) is 0. The van der Waals surface area contributed by atoms with Crippen LogP contribution >= 0.6 is 0 Å². The van der Waals surface area contributed by atoms with E-state index in [4.69, 9.17) is 5.73 Å². The van der Waals surface area contributed by atoms with Gasteiger partial charge in [0, 0.05) is 22.5 Å². The first kappa shape index (κ1) is 18.8. The van der Waals surface area contributed by atoms with Crippen LogP contribution in [0.2, 0.25) is 0 Å². The smallest absolute Gasteiger partial charge is 0.271 e. The van der Waals surface area contributed by atoms with Gasteiger partial charge in [-0.15, -0.1) is 0 Å². The summed E-state index contributed by atoms with van der Waals surface area (Å²) in [5.74, 6) is -0.552. The summed E-state index contributed by atoms with van der Waals surface area (Å²) in [6, 6.07) is 22.8. The molecule has 0 aromatic heterocycles. The van der Waals surface area contributed by atoms with Gasteiger partial charge in [-0.2, -0.15) is 5.10 Å². The number of nitrogens with zero attached hydrogens (tertiary/aromatic N) is 1. The van der Waals surface area contributed by atoms with Gasteiger partial charge in [-0.3, -0.25) is 9.59 Å². The molecule has 3 aromatic carbocycles. The van der Waals surface area contributed by atoms with Gasteiger partial charge in [0.15, 0.2) is 0 Å². The third kappa shape index (κ3) is 4.82. The largest absolute Gasteiger partial charge is 0.399 e. The maximum atomic E-state index is 12.3. The normalized spacial score (nSPS) is 11.0. The number of nitrogen functional groups attached to an aromatic ring is 1. The molecule has 0 aliphatic carbocycles. The van der Waals surface area contributed by atoms with Crippen molar-refractivity contribution in [3.05, 3.63) is 95.6 Å². The molecular weight excluding hydrogens is 352 g/mol. The van der Waals surface area contributed by atoms with Crippen molar-refractivity contribution in [1.29, 1.82) is 0 Å². The second-order valence-electron chi connectivity index (χ2n) is 6.16. The summed E-state index contributed by atoms with van der Waals surface area (Å²) in [7, 11) is 0. The minimum atomic E-state index is -0.343. The van der Waals surface area contributed by atoms with Crippen molar-refractivity contribution in [3.63, 3.8) is 0 Å². The molecule has 0 saturated heterocycles. The summed E-state index contributed by atoms with van der Waals surface area (Å²) >= 11 is 0. The predicted molar refractivity (Wildman–Crippen MR) is 111 cm³/mol. The lowest BCUT2D eigenvalue weighted by Gasteiger charge is -2.07. The number of nitrogens with two attached hydrogens (primary N) is 1. The van der Waals surface area contributed by atoms with Gasteiger partial charge in [-0.25, -0.2) is 5.43 Å². The number of amides is 2. The zero-order chi connectivity index (χ0) is 19.9. The van der Waals surface area contributed by atoms with E-state index < -0.39 is 0 Å². The molecule has 140 valence electrons. The molecule has 0 bridgehead atoms. The van der Waals surface area contributed by atoms with E-state index in [-0.39, 0.29) is 11.8 Å². The second-order valence-corrected chi connectivity index (χ2v) is 6.16. The molecule has 4 N–H and O–H groups in total. The number of benzene rings is 3. The molecule has 0 radical (unpaired) electrons. The van der Waals surface area contributed by atoms with Crippen LogP contribution in [0, 0.1) is 0 Å². The first-order valence-corrected chi connectivity index (χ1v) is 8.70. The molecule has 0 unspecified atom stereocenters. The number of nitrogens with one attached hydrogen (secondary N) is 2. The van der Waals surface area contributed by atoms with Crippen molar-refractivity contribution < 1.29 is 9.59 Å². The van der Waals surface area contributed by atoms with E-state index in [0.717, 1.165) is 5.56 Å². The highest BCUT2D eigenvalue weighted by Crippen LogP contribution is 2.12. The van der Waals surface area contributed by atoms with Gasteiger partial charge in [-0.05, 0) is 61.0 Å². The fourth-order valence-electron chi connectivity index (χ4n) is 2.53. The summed E-state index contributed by atoms with van der Waals surface area (Å²) in [5, 5.41) is 6.91. The van der Waals surface area contributed by atoms with E-state index in [1.165, 1.54) is 0 Å². The topological polar surface area (TPSA) is 96.6 Å². The van der Waals surface area contributed by atoms with Crippen LogP contribution in [0.15, 0.2) is 84.0 Å². The molecule has 0 heterocycles. The van der Waals surface area contributed by atoms with Crippen LogP contribution in [0.25, 0.3) is 0 Å². The molecule has 0 fully saturated rings. The Morgan fingerprint density at radius 1 is 0.786 bits per heavy atom. The molecule has 3 aromatic rings. The zero-order valence-electron chi connectivity index (χ0n) is 15.3. The van der Waals surface area contributed by atoms with Gasteiger partial charge in [0.1, 0.15) is 0 Å². The van der Waals surface area contributed by atoms with Crippen LogP contribution in [0.4, 0.5) is 11.4 Å². The van der Waals surface area contributed by atoms with E-state index in [2.05, 4.69) is 15.8 Å². The summed E-state index contributed by atoms with van der Waals surface area (Å²) in [4.78, 5) is 24.4. The lowest BCUT2D eigenvalue weighted by atomic mass is 10.1. The summed E-state index contributed by atoms with van der Waals surface area (Å²) < 4.78 is 0. The van der Waals surface area contributed by atoms with Gasteiger partial charge < -0.3 is 11.1 Å². The predicted octanol–water partition coefficient (Wildman–Crippen LogP) is 3.68. The monoisotopic (exact) mass is 372 g/mol. The lowest BCUT2D eigenvalue weighted by Crippen LogP contribution is -2.19. The highest BCUT2D eigenvalue weighted by atomic mass is 16.2. The fraction of sp³-hybridized carbons (Fsp3) is 0.0455. The number of carbonyl (C=O) groups is 2. The molecule has 0 atom stereocenters. The Kier molecular flexibility index (Phi) is 5.81. The van der Waals surface area contributed by atoms with Crippen molar-refractivity contribution in [2.75, 3.05) is 11.1 Å². The first-order valence-electron chi connectivity index (χ1n) is 8.70. The Labute approximate surface area is 163 Å². The van der Waals surface area contributed by atoms with Crippen LogP contribution in [0.1, 0.15) is 33.2 Å². The van der Waals surface area contributed by atoms with Crippen LogP contribution in [0.3, 0.4) is 0 Å². The van der Waals surface area contributed by atoms with E-state index in [0.29, 0.717) is 28.2 Å². The molecule has 3 rings (SSSR count). The van der Waals surface area contributed by atoms with Gasteiger partial charge >= 0.3 is 0 Å². The van der Waals surface area contributed by atoms with Gasteiger partial charge in [0.05, 0.1) is 5.71 Å². The minimum Gasteiger partial charge on any atom is -0.399 e. The van der Waals surface area contributed by atoms with Crippen LogP contribution in [-0.2, 0) is 0 Å². The summed E-state index contributed by atoms with van der Waals surface area (Å²) in [6.45, 7) is 1.79. The van der Waals surface area contributed by atoms with Crippen LogP contribution < -0.4 is 16.5 Å². The quantitative estimate of drug-likeness (QED) is 0.362. The number of hydrogen-bond acceptors (Lipinski definition) is 4. The zero-order valence-corrected chi connectivity index (χ0v) is 15.3. The van der Waals surface area contributed by atoms with Crippen molar-refractivity contribution in [2.45, 2.75) is 6.92 Å². The minimum absolute atomic E-state index is 0.208. The van der Waals surface area contributed by atoms with Gasteiger partial charge in [-0.1, -0.05) is 30.3 Å². The number of anilines is 2. The van der Waals surface area contributed by atoms with Crippen molar-refractivity contribution >= 4 is 28.9 Å². The average molecular weight is 372 g/mol. The third-order valence-electron chi connectivity index (χ3n) is 4.07. The molecule has 0 saturated carbocycles. The Morgan fingerprint density at radius 2 is 1.43 bits per heavy atom. The van der Waals surface area contributed by atoms with Crippen LogP contribution in [0.5, 0.6) is 0 Å². The van der Waals surface area contributed by atoms with E-state index in [1.807, 2.05) is 18.2 Å². The number of rotatable bonds is 5. The Bertz CT molecular complexity index is 1010. The SMILES string of the molecule is CC(=NNC(=O)c1ccc(NC(=O)c2ccccc2)cc1)c1cccc(N)c1. The van der Waals surface area contributed by atoms with E-state index in [1.54, 1.807) is 67.6 Å². The number of hydrogen-bond donors (Lipinski definition) is 3. The third-order valence-corrected chi connectivity index (χ3v) is 4.07. The molecular formula is C22H20N4O2. The average Bonchev–Trinajstić information content (AvgIpc) is 2.73. The van der Waals surface area contributed by atoms with Gasteiger partial charge in [0.2, 0.25) is 0 Å². The molecule has 6 heteroatoms. The van der Waals surface area contributed by atoms with E-state index in [9.17, 15) is 9.59 Å². The highest BCUT2D eigenvalue weighted by Gasteiger charge is 2.08. The fourth-order valence-corrected chi connectivity index (χ4v) is 2.53. The Hall–Kier alpha value is -3.93. The molecule has 2 amide bonds. The van der Waals surface area contributed by atoms with Crippen LogP contribution in [-0.4, -0.2) is 17.5 Å². The molecule has 0 aliphatic heterocycles. The molecule has 0 spiro atoms. The second kappa shape index (κ2) is 8.64.